The Bertz CT molecular complexity index is 902. The van der Waals surface area contributed by atoms with Crippen LogP contribution in [0.1, 0.15) is 43.9 Å². The van der Waals surface area contributed by atoms with E-state index < -0.39 is 6.10 Å². The Kier molecular flexibility index (Phi) is 8.68. The topological polar surface area (TPSA) is 42.6 Å². The first kappa shape index (κ1) is 22.6. The minimum Gasteiger partial charge on any atom is -0.490 e. The molecule has 4 heteroatoms. The molecule has 3 rings (SSSR count). The maximum Gasteiger partial charge on any atom is 0.183 e. The minimum atomic E-state index is -0.574. The van der Waals surface area contributed by atoms with Gasteiger partial charge in [-0.25, -0.2) is 0 Å². The molecule has 1 N–H and O–H groups in total. The van der Waals surface area contributed by atoms with Crippen LogP contribution < -0.4 is 14.0 Å². The van der Waals surface area contributed by atoms with Gasteiger partial charge in [0.1, 0.15) is 6.61 Å². The average Bonchev–Trinajstić information content (AvgIpc) is 2.81. The van der Waals surface area contributed by atoms with E-state index in [-0.39, 0.29) is 12.6 Å². The quantitative estimate of drug-likeness (QED) is 0.434. The van der Waals surface area contributed by atoms with Crippen LogP contribution >= 0.6 is 0 Å². The molecule has 2 unspecified atom stereocenters. The Balaban J connectivity index is 1.65. The van der Waals surface area contributed by atoms with Gasteiger partial charge in [-0.1, -0.05) is 54.6 Å². The summed E-state index contributed by atoms with van der Waals surface area (Å²) in [7, 11) is 0. The third kappa shape index (κ3) is 6.69. The van der Waals surface area contributed by atoms with Gasteiger partial charge in [-0.05, 0) is 38.0 Å². The van der Waals surface area contributed by atoms with Crippen LogP contribution in [0.5, 0.6) is 11.5 Å². The standard InChI is InChI=1S/C27H32NO3/c1-3-11-22-14-17-26(30-4-2)27(20-22)31-21-24(29)15-16-25(23-12-7-5-8-13-23)28-18-9-6-10-19-28/h3,5-14,17-20,24-25,29H,4,15-16,21H2,1-2H3/q+1/b11-3+. The zero-order valence-corrected chi connectivity index (χ0v) is 18.4. The number of benzene rings is 2. The summed E-state index contributed by atoms with van der Waals surface area (Å²) in [5.74, 6) is 1.36. The van der Waals surface area contributed by atoms with Crippen LogP contribution in [0.4, 0.5) is 0 Å². The number of aromatic nitrogens is 1. The van der Waals surface area contributed by atoms with Gasteiger partial charge >= 0.3 is 0 Å². The third-order valence-corrected chi connectivity index (χ3v) is 5.11. The molecule has 0 aliphatic rings. The molecule has 3 aromatic rings. The largest absolute Gasteiger partial charge is 0.490 e. The summed E-state index contributed by atoms with van der Waals surface area (Å²) < 4.78 is 13.8. The molecule has 0 fully saturated rings. The van der Waals surface area contributed by atoms with Gasteiger partial charge in [-0.3, -0.25) is 0 Å². The molecule has 0 aliphatic carbocycles. The van der Waals surface area contributed by atoms with Crippen LogP contribution in [0.3, 0.4) is 0 Å². The van der Waals surface area contributed by atoms with E-state index in [0.717, 1.165) is 12.0 Å². The zero-order valence-electron chi connectivity index (χ0n) is 18.4. The van der Waals surface area contributed by atoms with Gasteiger partial charge in [0.25, 0.3) is 0 Å². The molecule has 31 heavy (non-hydrogen) atoms. The van der Waals surface area contributed by atoms with Gasteiger partial charge in [0.2, 0.25) is 0 Å². The van der Waals surface area contributed by atoms with E-state index in [0.29, 0.717) is 24.5 Å². The van der Waals surface area contributed by atoms with Crippen molar-refractivity contribution in [2.45, 2.75) is 38.8 Å². The Labute approximate surface area is 185 Å². The fourth-order valence-electron chi connectivity index (χ4n) is 3.61. The van der Waals surface area contributed by atoms with Crippen molar-refractivity contribution in [1.29, 1.82) is 0 Å². The van der Waals surface area contributed by atoms with E-state index >= 15 is 0 Å². The molecule has 0 aliphatic heterocycles. The van der Waals surface area contributed by atoms with Gasteiger partial charge in [-0.15, -0.1) is 0 Å². The summed E-state index contributed by atoms with van der Waals surface area (Å²) in [5, 5.41) is 10.7. The molecular formula is C27H32NO3+. The van der Waals surface area contributed by atoms with Crippen molar-refractivity contribution in [2.75, 3.05) is 13.2 Å². The number of hydrogen-bond donors (Lipinski definition) is 1. The maximum atomic E-state index is 10.7. The normalized spacial score (nSPS) is 13.1. The molecule has 4 nitrogen and oxygen atoms in total. The molecule has 0 bridgehead atoms. The minimum absolute atomic E-state index is 0.161. The van der Waals surface area contributed by atoms with Crippen molar-refractivity contribution >= 4 is 6.08 Å². The van der Waals surface area contributed by atoms with E-state index in [9.17, 15) is 5.11 Å². The highest BCUT2D eigenvalue weighted by atomic mass is 16.5. The first-order valence-electron chi connectivity index (χ1n) is 10.9. The summed E-state index contributed by atoms with van der Waals surface area (Å²) >= 11 is 0. The number of aliphatic hydroxyl groups is 1. The molecule has 2 aromatic carbocycles. The number of hydrogen-bond acceptors (Lipinski definition) is 3. The average molecular weight is 419 g/mol. The highest BCUT2D eigenvalue weighted by Crippen LogP contribution is 2.29. The lowest BCUT2D eigenvalue weighted by atomic mass is 10.00. The number of pyridine rings is 1. The van der Waals surface area contributed by atoms with E-state index in [1.165, 1.54) is 5.56 Å². The van der Waals surface area contributed by atoms with Crippen molar-refractivity contribution in [3.8, 4) is 11.5 Å². The van der Waals surface area contributed by atoms with Gasteiger partial charge in [0.15, 0.2) is 29.9 Å². The van der Waals surface area contributed by atoms with E-state index in [1.807, 2.05) is 68.5 Å². The smallest absolute Gasteiger partial charge is 0.183 e. The first-order valence-corrected chi connectivity index (χ1v) is 10.9. The molecule has 0 saturated carbocycles. The highest BCUT2D eigenvalue weighted by molar-refractivity contribution is 5.55. The second-order valence-corrected chi connectivity index (χ2v) is 7.43. The van der Waals surface area contributed by atoms with E-state index in [2.05, 4.69) is 41.2 Å². The molecule has 0 saturated heterocycles. The number of ether oxygens (including phenoxy) is 2. The molecule has 162 valence electrons. The number of nitrogens with zero attached hydrogens (tertiary/aromatic N) is 1. The SMILES string of the molecule is C/C=C/c1ccc(OCC)c(OCC(O)CCC(c2ccccc2)[n+]2ccccc2)c1. The number of rotatable bonds is 11. The first-order chi connectivity index (χ1) is 15.2. The van der Waals surface area contributed by atoms with Crippen LogP contribution in [-0.4, -0.2) is 24.4 Å². The Morgan fingerprint density at radius 1 is 0.903 bits per heavy atom. The van der Waals surface area contributed by atoms with Crippen molar-refractivity contribution in [3.63, 3.8) is 0 Å². The van der Waals surface area contributed by atoms with Crippen molar-refractivity contribution in [2.24, 2.45) is 0 Å². The Morgan fingerprint density at radius 3 is 2.35 bits per heavy atom. The summed E-state index contributed by atoms with van der Waals surface area (Å²) in [6.07, 6.45) is 9.00. The van der Waals surface area contributed by atoms with Crippen LogP contribution in [-0.2, 0) is 0 Å². The molecule has 0 radical (unpaired) electrons. The van der Waals surface area contributed by atoms with Crippen molar-refractivity contribution in [3.05, 3.63) is 96.3 Å². The molecule has 1 aromatic heterocycles. The molecule has 1 heterocycles. The Hall–Kier alpha value is -3.11. The maximum absolute atomic E-state index is 10.7. The fourth-order valence-corrected chi connectivity index (χ4v) is 3.61. The van der Waals surface area contributed by atoms with Gasteiger partial charge in [0.05, 0.1) is 12.7 Å². The zero-order chi connectivity index (χ0) is 21.9. The second kappa shape index (κ2) is 11.9. The van der Waals surface area contributed by atoms with Crippen LogP contribution in [0, 0.1) is 0 Å². The molecule has 0 amide bonds. The lowest BCUT2D eigenvalue weighted by Gasteiger charge is -2.18. The predicted molar refractivity (Wildman–Crippen MR) is 124 cm³/mol. The van der Waals surface area contributed by atoms with Gasteiger partial charge < -0.3 is 14.6 Å². The highest BCUT2D eigenvalue weighted by Gasteiger charge is 2.22. The van der Waals surface area contributed by atoms with Gasteiger partial charge in [-0.2, -0.15) is 4.57 Å². The third-order valence-electron chi connectivity index (χ3n) is 5.11. The second-order valence-electron chi connectivity index (χ2n) is 7.43. The van der Waals surface area contributed by atoms with Crippen molar-refractivity contribution < 1.29 is 19.1 Å². The molecular weight excluding hydrogens is 386 g/mol. The van der Waals surface area contributed by atoms with Crippen molar-refractivity contribution in [1.82, 2.24) is 0 Å². The number of allylic oxidation sites excluding steroid dienone is 1. The predicted octanol–water partition coefficient (Wildman–Crippen LogP) is 5.22. The lowest BCUT2D eigenvalue weighted by Crippen LogP contribution is -2.39. The lowest BCUT2D eigenvalue weighted by molar-refractivity contribution is -0.714. The fraction of sp³-hybridized carbons (Fsp3) is 0.296. The van der Waals surface area contributed by atoms with Crippen LogP contribution in [0.15, 0.2) is 85.2 Å². The van der Waals surface area contributed by atoms with Crippen LogP contribution in [0.2, 0.25) is 0 Å². The van der Waals surface area contributed by atoms with E-state index in [1.54, 1.807) is 0 Å². The van der Waals surface area contributed by atoms with E-state index in [4.69, 9.17) is 9.47 Å². The summed E-state index contributed by atoms with van der Waals surface area (Å²) in [6, 6.07) is 22.5. The summed E-state index contributed by atoms with van der Waals surface area (Å²) in [4.78, 5) is 0. The summed E-state index contributed by atoms with van der Waals surface area (Å²) in [6.45, 7) is 4.72. The molecule has 0 spiro atoms. The van der Waals surface area contributed by atoms with Gasteiger partial charge in [0, 0.05) is 24.1 Å². The summed E-state index contributed by atoms with van der Waals surface area (Å²) in [5.41, 5.74) is 2.27. The monoisotopic (exact) mass is 418 g/mol. The Morgan fingerprint density at radius 2 is 1.65 bits per heavy atom. The number of aliphatic hydroxyl groups excluding tert-OH is 1. The molecule has 2 atom stereocenters. The van der Waals surface area contributed by atoms with Crippen LogP contribution in [0.25, 0.3) is 6.08 Å².